The summed E-state index contributed by atoms with van der Waals surface area (Å²) in [4.78, 5) is 14.8. The number of methoxy groups -OCH3 is 1. The average Bonchev–Trinajstić information content (AvgIpc) is 2.91. The molecule has 1 N–H and O–H groups in total. The molecule has 1 fully saturated rings. The zero-order chi connectivity index (χ0) is 21.5. The molecule has 0 spiro atoms. The van der Waals surface area contributed by atoms with Gasteiger partial charge in [0.25, 0.3) is 0 Å². The average molecular weight is 407 g/mol. The van der Waals surface area contributed by atoms with Crippen LogP contribution in [-0.4, -0.2) is 31.3 Å². The molecule has 2 heterocycles. The summed E-state index contributed by atoms with van der Waals surface area (Å²) >= 11 is 0. The van der Waals surface area contributed by atoms with Crippen molar-refractivity contribution in [1.29, 1.82) is 0 Å². The molecule has 0 bridgehead atoms. The first kappa shape index (κ1) is 20.3. The molecule has 1 amide bonds. The summed E-state index contributed by atoms with van der Waals surface area (Å²) in [5.41, 5.74) is 2.51. The van der Waals surface area contributed by atoms with Gasteiger partial charge in [-0.3, -0.25) is 4.79 Å². The van der Waals surface area contributed by atoms with E-state index in [4.69, 9.17) is 9.47 Å². The Hall–Kier alpha value is -2.95. The van der Waals surface area contributed by atoms with Crippen molar-refractivity contribution in [3.8, 4) is 11.5 Å². The highest BCUT2D eigenvalue weighted by Gasteiger charge is 2.57. The Balaban J connectivity index is 1.75. The molecule has 2 aromatic carbocycles. The minimum atomic E-state index is -0.619. The number of anilines is 1. The first-order valence-corrected chi connectivity index (χ1v) is 10.5. The van der Waals surface area contributed by atoms with Crippen LogP contribution in [0.3, 0.4) is 0 Å². The van der Waals surface area contributed by atoms with E-state index >= 15 is 0 Å². The molecule has 1 unspecified atom stereocenters. The number of carbonyl (C=O) groups is 1. The SMILES string of the molecule is COc1cc(/C=C/C23NC(=O)CCN2c2ccccc2C3(C)C)ccc1OC(C)C. The molecule has 158 valence electrons. The zero-order valence-electron chi connectivity index (χ0n) is 18.4. The Labute approximate surface area is 178 Å². The second kappa shape index (κ2) is 7.38. The largest absolute Gasteiger partial charge is 0.493 e. The first-order chi connectivity index (χ1) is 14.3. The van der Waals surface area contributed by atoms with Crippen LogP contribution in [0.4, 0.5) is 5.69 Å². The zero-order valence-corrected chi connectivity index (χ0v) is 18.4. The third-order valence-electron chi connectivity index (χ3n) is 6.21. The molecule has 0 aromatic heterocycles. The molecule has 2 aliphatic heterocycles. The monoisotopic (exact) mass is 406 g/mol. The van der Waals surface area contributed by atoms with E-state index in [9.17, 15) is 4.79 Å². The molecule has 0 aliphatic carbocycles. The Morgan fingerprint density at radius 2 is 1.90 bits per heavy atom. The quantitative estimate of drug-likeness (QED) is 0.794. The molecule has 0 radical (unpaired) electrons. The van der Waals surface area contributed by atoms with Gasteiger partial charge in [-0.25, -0.2) is 0 Å². The topological polar surface area (TPSA) is 50.8 Å². The number of fused-ring (bicyclic) bond motifs is 3. The van der Waals surface area contributed by atoms with Gasteiger partial charge < -0.3 is 19.7 Å². The molecule has 2 aromatic rings. The van der Waals surface area contributed by atoms with Crippen LogP contribution in [-0.2, 0) is 10.2 Å². The van der Waals surface area contributed by atoms with Gasteiger partial charge in [-0.1, -0.05) is 44.2 Å². The van der Waals surface area contributed by atoms with Crippen molar-refractivity contribution < 1.29 is 14.3 Å². The summed E-state index contributed by atoms with van der Waals surface area (Å²) in [5.74, 6) is 1.50. The maximum Gasteiger partial charge on any atom is 0.223 e. The molecule has 5 heteroatoms. The lowest BCUT2D eigenvalue weighted by Gasteiger charge is -2.49. The Bertz CT molecular complexity index is 996. The molecule has 2 aliphatic rings. The highest BCUT2D eigenvalue weighted by atomic mass is 16.5. The van der Waals surface area contributed by atoms with E-state index in [0.29, 0.717) is 18.7 Å². The van der Waals surface area contributed by atoms with E-state index in [1.807, 2.05) is 32.0 Å². The van der Waals surface area contributed by atoms with E-state index < -0.39 is 5.66 Å². The Kier molecular flexibility index (Phi) is 5.00. The van der Waals surface area contributed by atoms with E-state index in [0.717, 1.165) is 11.3 Å². The lowest BCUT2D eigenvalue weighted by molar-refractivity contribution is -0.124. The summed E-state index contributed by atoms with van der Waals surface area (Å²) in [5, 5.41) is 3.31. The molecular weight excluding hydrogens is 376 g/mol. The summed E-state index contributed by atoms with van der Waals surface area (Å²) in [7, 11) is 1.65. The maximum absolute atomic E-state index is 12.5. The smallest absolute Gasteiger partial charge is 0.223 e. The summed E-state index contributed by atoms with van der Waals surface area (Å²) in [6, 6.07) is 14.3. The third kappa shape index (κ3) is 3.13. The van der Waals surface area contributed by atoms with E-state index in [1.54, 1.807) is 7.11 Å². The summed E-state index contributed by atoms with van der Waals surface area (Å²) in [6.07, 6.45) is 4.76. The maximum atomic E-state index is 12.5. The van der Waals surface area contributed by atoms with Gasteiger partial charge in [0.15, 0.2) is 11.5 Å². The second-order valence-electron chi connectivity index (χ2n) is 8.77. The summed E-state index contributed by atoms with van der Waals surface area (Å²) in [6.45, 7) is 9.07. The van der Waals surface area contributed by atoms with Gasteiger partial charge in [-0.2, -0.15) is 0 Å². The molecular formula is C25H30N2O3. The molecule has 0 saturated carbocycles. The van der Waals surface area contributed by atoms with Crippen LogP contribution < -0.4 is 19.7 Å². The Morgan fingerprint density at radius 1 is 1.13 bits per heavy atom. The molecule has 30 heavy (non-hydrogen) atoms. The van der Waals surface area contributed by atoms with Gasteiger partial charge >= 0.3 is 0 Å². The number of ether oxygens (including phenoxy) is 2. The highest BCUT2D eigenvalue weighted by molar-refractivity contribution is 5.84. The minimum absolute atomic E-state index is 0.0722. The van der Waals surface area contributed by atoms with Crippen LogP contribution in [0.2, 0.25) is 0 Å². The van der Waals surface area contributed by atoms with Crippen molar-refractivity contribution in [2.75, 3.05) is 18.6 Å². The van der Waals surface area contributed by atoms with Crippen LogP contribution in [0.5, 0.6) is 11.5 Å². The number of para-hydroxylation sites is 1. The van der Waals surface area contributed by atoms with E-state index in [-0.39, 0.29) is 17.4 Å². The van der Waals surface area contributed by atoms with E-state index in [2.05, 4.69) is 60.5 Å². The van der Waals surface area contributed by atoms with Gasteiger partial charge in [0.05, 0.1) is 13.2 Å². The molecule has 1 atom stereocenters. The molecule has 4 rings (SSSR count). The lowest BCUT2D eigenvalue weighted by Crippen LogP contribution is -2.68. The lowest BCUT2D eigenvalue weighted by atomic mass is 9.74. The Morgan fingerprint density at radius 3 is 2.63 bits per heavy atom. The predicted molar refractivity (Wildman–Crippen MR) is 120 cm³/mol. The molecule has 5 nitrogen and oxygen atoms in total. The highest BCUT2D eigenvalue weighted by Crippen LogP contribution is 2.52. The van der Waals surface area contributed by atoms with E-state index in [1.165, 1.54) is 11.3 Å². The fraction of sp³-hybridized carbons (Fsp3) is 0.400. The number of benzene rings is 2. The number of carbonyl (C=O) groups excluding carboxylic acids is 1. The fourth-order valence-corrected chi connectivity index (χ4v) is 4.68. The van der Waals surface area contributed by atoms with Gasteiger partial charge in [-0.15, -0.1) is 0 Å². The first-order valence-electron chi connectivity index (χ1n) is 10.5. The van der Waals surface area contributed by atoms with Gasteiger partial charge in [-0.05, 0) is 49.2 Å². The van der Waals surface area contributed by atoms with Crippen LogP contribution in [0, 0.1) is 0 Å². The third-order valence-corrected chi connectivity index (χ3v) is 6.21. The van der Waals surface area contributed by atoms with Crippen LogP contribution in [0.1, 0.15) is 45.2 Å². The predicted octanol–water partition coefficient (Wildman–Crippen LogP) is 4.51. The van der Waals surface area contributed by atoms with Crippen molar-refractivity contribution in [2.24, 2.45) is 0 Å². The fourth-order valence-electron chi connectivity index (χ4n) is 4.68. The van der Waals surface area contributed by atoms with Crippen molar-refractivity contribution in [3.63, 3.8) is 0 Å². The van der Waals surface area contributed by atoms with Crippen molar-refractivity contribution in [1.82, 2.24) is 5.32 Å². The van der Waals surface area contributed by atoms with Crippen LogP contribution in [0.25, 0.3) is 6.08 Å². The van der Waals surface area contributed by atoms with Crippen LogP contribution in [0.15, 0.2) is 48.5 Å². The molecule has 1 saturated heterocycles. The van der Waals surface area contributed by atoms with Crippen molar-refractivity contribution in [2.45, 2.75) is 51.3 Å². The number of nitrogens with one attached hydrogen (secondary N) is 1. The van der Waals surface area contributed by atoms with Gasteiger partial charge in [0.1, 0.15) is 5.66 Å². The normalized spacial score (nSPS) is 22.1. The number of hydrogen-bond donors (Lipinski definition) is 1. The van der Waals surface area contributed by atoms with Crippen molar-refractivity contribution in [3.05, 3.63) is 59.7 Å². The minimum Gasteiger partial charge on any atom is -0.493 e. The number of nitrogens with zero attached hydrogens (tertiary/aromatic N) is 1. The number of hydrogen-bond acceptors (Lipinski definition) is 4. The second-order valence-corrected chi connectivity index (χ2v) is 8.77. The van der Waals surface area contributed by atoms with Gasteiger partial charge in [0, 0.05) is 24.1 Å². The van der Waals surface area contributed by atoms with Gasteiger partial charge in [0.2, 0.25) is 5.91 Å². The van der Waals surface area contributed by atoms with Crippen LogP contribution >= 0.6 is 0 Å². The number of amides is 1. The standard InChI is InChI=1S/C25H30N2O3/c1-17(2)30-21-11-10-18(16-22(21)29-5)12-14-25-24(3,4)19-8-6-7-9-20(19)27(25)15-13-23(28)26-25/h6-12,14,16-17H,13,15H2,1-5H3,(H,26,28)/b14-12+. The number of rotatable bonds is 5. The summed E-state index contributed by atoms with van der Waals surface area (Å²) < 4.78 is 11.4. The van der Waals surface area contributed by atoms with Crippen molar-refractivity contribution >= 4 is 17.7 Å².